The van der Waals surface area contributed by atoms with Crippen molar-refractivity contribution in [3.05, 3.63) is 0 Å². The van der Waals surface area contributed by atoms with E-state index in [1.165, 1.54) is 89.9 Å². The van der Waals surface area contributed by atoms with Crippen molar-refractivity contribution < 1.29 is 80.2 Å². The van der Waals surface area contributed by atoms with Crippen LogP contribution in [0.25, 0.3) is 0 Å². The van der Waals surface area contributed by atoms with Crippen LogP contribution < -0.4 is 0 Å². The fourth-order valence-corrected chi connectivity index (χ4v) is 10.6. The fourth-order valence-electron chi connectivity index (χ4n) is 9.04. The molecule has 0 aliphatic carbocycles. The lowest BCUT2D eigenvalue weighted by Gasteiger charge is -2.21. The number of unbranched alkanes of at least 4 members (excludes halogenated alkanes) is 24. The highest BCUT2D eigenvalue weighted by Crippen LogP contribution is 2.45. The van der Waals surface area contributed by atoms with Crippen molar-refractivity contribution in [3.63, 3.8) is 0 Å². The first-order valence-corrected chi connectivity index (χ1v) is 35.2. The molecule has 3 N–H and O–H groups in total. The predicted molar refractivity (Wildman–Crippen MR) is 321 cm³/mol. The maximum Gasteiger partial charge on any atom is 0.472 e. The van der Waals surface area contributed by atoms with E-state index in [0.717, 1.165) is 108 Å². The van der Waals surface area contributed by atoms with Gasteiger partial charge in [-0.1, -0.05) is 242 Å². The second kappa shape index (κ2) is 52.4. The van der Waals surface area contributed by atoms with Crippen molar-refractivity contribution in [1.29, 1.82) is 0 Å². The summed E-state index contributed by atoms with van der Waals surface area (Å²) in [5.41, 5.74) is 0. The lowest BCUT2D eigenvalue weighted by atomic mass is 10.00. The smallest absolute Gasteiger partial charge is 0.462 e. The monoisotopic (exact) mass is 1200 g/mol. The van der Waals surface area contributed by atoms with Crippen molar-refractivity contribution in [2.24, 2.45) is 23.7 Å². The molecule has 4 unspecified atom stereocenters. The van der Waals surface area contributed by atoms with Crippen LogP contribution in [-0.2, 0) is 65.4 Å². The lowest BCUT2D eigenvalue weighted by Crippen LogP contribution is -2.30. The van der Waals surface area contributed by atoms with E-state index in [0.29, 0.717) is 37.5 Å². The molecule has 0 spiro atoms. The maximum atomic E-state index is 12.9. The van der Waals surface area contributed by atoms with E-state index in [2.05, 4.69) is 55.4 Å². The summed E-state index contributed by atoms with van der Waals surface area (Å²) in [7, 11) is -9.88. The molecule has 0 radical (unpaired) electrons. The van der Waals surface area contributed by atoms with Crippen LogP contribution in [0.4, 0.5) is 0 Å². The Kier molecular flexibility index (Phi) is 51.1. The average molecular weight is 1200 g/mol. The van der Waals surface area contributed by atoms with Gasteiger partial charge < -0.3 is 33.8 Å². The molecule has 0 rings (SSSR count). The summed E-state index contributed by atoms with van der Waals surface area (Å²) < 4.78 is 67.9. The summed E-state index contributed by atoms with van der Waals surface area (Å²) in [5, 5.41) is 10.5. The van der Waals surface area contributed by atoms with E-state index in [9.17, 15) is 43.2 Å². The zero-order chi connectivity index (χ0) is 60.4. The molecule has 17 nitrogen and oxygen atoms in total. The Morgan fingerprint density at radius 2 is 0.593 bits per heavy atom. The Balaban J connectivity index is 5.25. The lowest BCUT2D eigenvalue weighted by molar-refractivity contribution is -0.161. The zero-order valence-electron chi connectivity index (χ0n) is 52.4. The van der Waals surface area contributed by atoms with E-state index in [1.54, 1.807) is 0 Å². The van der Waals surface area contributed by atoms with Crippen LogP contribution in [-0.4, -0.2) is 96.7 Å². The quantitative estimate of drug-likeness (QED) is 0.0222. The number of carbonyl (C=O) groups is 4. The second-order valence-corrected chi connectivity index (χ2v) is 27.0. The van der Waals surface area contributed by atoms with Gasteiger partial charge in [-0.2, -0.15) is 0 Å². The topological polar surface area (TPSA) is 237 Å². The van der Waals surface area contributed by atoms with Crippen molar-refractivity contribution >= 4 is 39.5 Å². The third-order valence-electron chi connectivity index (χ3n) is 14.4. The Labute approximate surface area is 492 Å². The molecule has 19 heteroatoms. The largest absolute Gasteiger partial charge is 0.472 e. The van der Waals surface area contributed by atoms with Gasteiger partial charge in [-0.05, 0) is 49.4 Å². The van der Waals surface area contributed by atoms with Crippen LogP contribution in [0.3, 0.4) is 0 Å². The van der Waals surface area contributed by atoms with Crippen molar-refractivity contribution in [2.75, 3.05) is 39.6 Å². The van der Waals surface area contributed by atoms with E-state index >= 15 is 0 Å². The molecule has 0 fully saturated rings. The van der Waals surface area contributed by atoms with E-state index in [-0.39, 0.29) is 25.7 Å². The summed E-state index contributed by atoms with van der Waals surface area (Å²) in [5.74, 6) is 0.701. The molecule has 0 aromatic carbocycles. The van der Waals surface area contributed by atoms with Crippen molar-refractivity contribution in [2.45, 2.75) is 311 Å². The first-order chi connectivity index (χ1) is 38.6. The maximum absolute atomic E-state index is 12.9. The number of phosphoric acid groups is 2. The minimum atomic E-state index is -4.94. The minimum Gasteiger partial charge on any atom is -0.462 e. The number of hydrogen-bond donors (Lipinski definition) is 3. The number of ether oxygens (including phenoxy) is 4. The van der Waals surface area contributed by atoms with E-state index < -0.39 is 97.5 Å². The molecule has 0 aliphatic heterocycles. The van der Waals surface area contributed by atoms with Crippen molar-refractivity contribution in [3.8, 4) is 0 Å². The normalized spacial score (nSPS) is 14.8. The number of esters is 4. The Morgan fingerprint density at radius 3 is 0.877 bits per heavy atom. The number of phosphoric ester groups is 2. The number of aliphatic hydroxyl groups excluding tert-OH is 1. The number of hydrogen-bond acceptors (Lipinski definition) is 15. The van der Waals surface area contributed by atoms with Gasteiger partial charge in [0, 0.05) is 25.7 Å². The zero-order valence-corrected chi connectivity index (χ0v) is 54.2. The summed E-state index contributed by atoms with van der Waals surface area (Å²) >= 11 is 0. The van der Waals surface area contributed by atoms with Gasteiger partial charge in [0.25, 0.3) is 0 Å². The number of aliphatic hydroxyl groups is 1. The molecule has 0 heterocycles. The highest BCUT2D eigenvalue weighted by Gasteiger charge is 2.30. The molecule has 0 bridgehead atoms. The summed E-state index contributed by atoms with van der Waals surface area (Å²) in [6.45, 7) is 13.9. The van der Waals surface area contributed by atoms with Gasteiger partial charge in [-0.3, -0.25) is 37.3 Å². The van der Waals surface area contributed by atoms with Crippen LogP contribution in [0.2, 0.25) is 0 Å². The molecule has 6 atom stereocenters. The Hall–Kier alpha value is -1.94. The van der Waals surface area contributed by atoms with E-state index in [1.807, 2.05) is 0 Å². The van der Waals surface area contributed by atoms with Crippen LogP contribution in [0, 0.1) is 23.7 Å². The first-order valence-electron chi connectivity index (χ1n) is 32.2. The minimum absolute atomic E-state index is 0.101. The predicted octanol–water partition coefficient (Wildman–Crippen LogP) is 16.6. The third kappa shape index (κ3) is 55.7. The molecule has 0 aromatic heterocycles. The van der Waals surface area contributed by atoms with Gasteiger partial charge in [-0.15, -0.1) is 0 Å². The molecule has 0 aromatic rings. The molecule has 480 valence electrons. The first kappa shape index (κ1) is 79.1. The molecular formula is C62H120O17P2. The molecule has 0 amide bonds. The van der Waals surface area contributed by atoms with Gasteiger partial charge in [0.15, 0.2) is 12.2 Å². The summed E-state index contributed by atoms with van der Waals surface area (Å²) in [6.07, 6.45) is 31.0. The van der Waals surface area contributed by atoms with Crippen LogP contribution in [0.15, 0.2) is 0 Å². The van der Waals surface area contributed by atoms with Gasteiger partial charge in [0.1, 0.15) is 19.3 Å². The van der Waals surface area contributed by atoms with Crippen LogP contribution in [0.5, 0.6) is 0 Å². The van der Waals surface area contributed by atoms with Gasteiger partial charge in [0.2, 0.25) is 0 Å². The van der Waals surface area contributed by atoms with Crippen LogP contribution >= 0.6 is 15.6 Å². The fraction of sp³-hybridized carbons (Fsp3) is 0.935. The molecule has 0 saturated heterocycles. The summed E-state index contributed by atoms with van der Waals surface area (Å²) in [4.78, 5) is 72.1. The van der Waals surface area contributed by atoms with E-state index in [4.69, 9.17) is 37.0 Å². The van der Waals surface area contributed by atoms with Gasteiger partial charge in [-0.25, -0.2) is 9.13 Å². The molecule has 0 saturated carbocycles. The Morgan fingerprint density at radius 1 is 0.346 bits per heavy atom. The SMILES string of the molecule is CCC(C)CCCCCCCCC(=O)O[C@H](COC(=O)CCCCCCCCCCC(C)C)COP(=O)(O)OCC(O)COP(=O)(O)OC[C@@H](COC(=O)CCCCCCCCCC(C)C)OC(=O)CCCCCCCCCC(C)C. The van der Waals surface area contributed by atoms with Gasteiger partial charge >= 0.3 is 39.5 Å². The summed E-state index contributed by atoms with van der Waals surface area (Å²) in [6, 6.07) is 0. The standard InChI is InChI=1S/C62H120O17P2/c1-9-55(8)41-33-25-20-21-29-37-45-62(67)79-58(49-72-59(64)42-34-26-17-11-10-14-22-30-38-52(2)3)51-77-81(70,71)75-47-56(63)46-74-80(68,69)76-50-57(78-61(66)44-36-28-19-13-16-24-32-40-54(6)7)48-73-60(65)43-35-27-18-12-15-23-31-39-53(4)5/h52-58,63H,9-51H2,1-8H3,(H,68,69)(H,70,71)/t55?,56?,57-,58-/m1/s1. The molecule has 0 aliphatic rings. The highest BCUT2D eigenvalue weighted by molar-refractivity contribution is 7.47. The Bertz CT molecular complexity index is 1630. The van der Waals surface area contributed by atoms with Crippen molar-refractivity contribution in [1.82, 2.24) is 0 Å². The highest BCUT2D eigenvalue weighted by atomic mass is 31.2. The average Bonchev–Trinajstić information content (AvgIpc) is 3.41. The van der Waals surface area contributed by atoms with Crippen LogP contribution in [0.1, 0.15) is 293 Å². The van der Waals surface area contributed by atoms with Gasteiger partial charge in [0.05, 0.1) is 26.4 Å². The molecular weight excluding hydrogens is 1080 g/mol. The third-order valence-corrected chi connectivity index (χ3v) is 16.3. The number of carbonyl (C=O) groups excluding carboxylic acids is 4. The second-order valence-electron chi connectivity index (χ2n) is 24.1. The number of rotatable bonds is 59. The molecule has 81 heavy (non-hydrogen) atoms.